The Morgan fingerprint density at radius 2 is 1.80 bits per heavy atom. The number of nitrogens with one attached hydrogen (secondary N) is 1. The van der Waals surface area contributed by atoms with Crippen LogP contribution < -0.4 is 4.72 Å². The summed E-state index contributed by atoms with van der Waals surface area (Å²) in [5, 5.41) is 4.24. The van der Waals surface area contributed by atoms with Gasteiger partial charge in [0.05, 0.1) is 16.3 Å². The van der Waals surface area contributed by atoms with Crippen molar-refractivity contribution >= 4 is 15.7 Å². The van der Waals surface area contributed by atoms with Crippen molar-refractivity contribution in [3.05, 3.63) is 101 Å². The third kappa shape index (κ3) is 6.71. The predicted octanol–water partition coefficient (Wildman–Crippen LogP) is 7.35. The van der Waals surface area contributed by atoms with E-state index >= 15 is 0 Å². The number of halogens is 1. The second kappa shape index (κ2) is 12.2. The van der Waals surface area contributed by atoms with E-state index in [0.717, 1.165) is 59.0 Å². The van der Waals surface area contributed by atoms with Gasteiger partial charge in [-0.3, -0.25) is 9.62 Å². The van der Waals surface area contributed by atoms with Gasteiger partial charge in [-0.15, -0.1) is 0 Å². The molecule has 6 nitrogen and oxygen atoms in total. The van der Waals surface area contributed by atoms with E-state index in [1.807, 2.05) is 48.5 Å². The van der Waals surface area contributed by atoms with Crippen molar-refractivity contribution in [2.45, 2.75) is 69.4 Å². The molecule has 0 atom stereocenters. The van der Waals surface area contributed by atoms with E-state index in [4.69, 9.17) is 4.52 Å². The first kappa shape index (κ1) is 27.7. The Morgan fingerprint density at radius 3 is 2.61 bits per heavy atom. The zero-order chi connectivity index (χ0) is 28.2. The van der Waals surface area contributed by atoms with Crippen molar-refractivity contribution in [2.24, 2.45) is 5.92 Å². The first-order valence-corrected chi connectivity index (χ1v) is 16.1. The minimum atomic E-state index is -3.92. The van der Waals surface area contributed by atoms with Crippen molar-refractivity contribution in [1.29, 1.82) is 0 Å². The lowest BCUT2D eigenvalue weighted by Gasteiger charge is -2.28. The van der Waals surface area contributed by atoms with Gasteiger partial charge in [0.25, 0.3) is 10.0 Å². The van der Waals surface area contributed by atoms with Crippen LogP contribution in [-0.4, -0.2) is 25.0 Å². The number of hydrogen-bond acceptors (Lipinski definition) is 5. The molecular formula is C33H36FN3O3S. The minimum absolute atomic E-state index is 0.0177. The van der Waals surface area contributed by atoms with E-state index in [2.05, 4.69) is 14.8 Å². The fraction of sp³-hybridized carbons (Fsp3) is 0.364. The summed E-state index contributed by atoms with van der Waals surface area (Å²) in [5.74, 6) is 1.02. The summed E-state index contributed by atoms with van der Waals surface area (Å²) in [4.78, 5) is 2.42. The highest BCUT2D eigenvalue weighted by Crippen LogP contribution is 2.30. The number of benzene rings is 3. The van der Waals surface area contributed by atoms with Gasteiger partial charge in [0, 0.05) is 31.3 Å². The molecule has 1 fully saturated rings. The number of nitrogens with zero attached hydrogens (tertiary/aromatic N) is 2. The SMILES string of the molecule is O=S(=O)(Nc1ccc(CCCC2CCCC2)cc1F)c1ccc2c(c1)CCN(Cc1cc(-c3ccccc3)on1)C2. The molecule has 214 valence electrons. The molecule has 8 heteroatoms. The summed E-state index contributed by atoms with van der Waals surface area (Å²) in [7, 11) is -3.92. The Bertz CT molecular complexity index is 1600. The van der Waals surface area contributed by atoms with Crippen molar-refractivity contribution in [2.75, 3.05) is 11.3 Å². The summed E-state index contributed by atoms with van der Waals surface area (Å²) in [6.07, 6.45) is 9.03. The van der Waals surface area contributed by atoms with Crippen molar-refractivity contribution in [1.82, 2.24) is 10.1 Å². The monoisotopic (exact) mass is 573 g/mol. The average Bonchev–Trinajstić information content (AvgIpc) is 3.67. The van der Waals surface area contributed by atoms with Gasteiger partial charge < -0.3 is 4.52 Å². The smallest absolute Gasteiger partial charge is 0.261 e. The van der Waals surface area contributed by atoms with Gasteiger partial charge in [-0.25, -0.2) is 12.8 Å². The largest absolute Gasteiger partial charge is 0.356 e. The van der Waals surface area contributed by atoms with Crippen LogP contribution in [0.25, 0.3) is 11.3 Å². The predicted molar refractivity (Wildman–Crippen MR) is 158 cm³/mol. The Labute approximate surface area is 241 Å². The van der Waals surface area contributed by atoms with E-state index in [1.54, 1.807) is 18.2 Å². The Kier molecular flexibility index (Phi) is 8.21. The van der Waals surface area contributed by atoms with Crippen molar-refractivity contribution < 1.29 is 17.3 Å². The Balaban J connectivity index is 1.06. The molecule has 0 radical (unpaired) electrons. The van der Waals surface area contributed by atoms with Gasteiger partial charge in [-0.1, -0.05) is 79.7 Å². The molecule has 0 amide bonds. The fourth-order valence-electron chi connectivity index (χ4n) is 6.14. The normalized spacial score (nSPS) is 16.1. The van der Waals surface area contributed by atoms with Crippen LogP contribution >= 0.6 is 0 Å². The lowest BCUT2D eigenvalue weighted by Crippen LogP contribution is -2.30. The van der Waals surface area contributed by atoms with Gasteiger partial charge in [0.15, 0.2) is 5.76 Å². The number of aryl methyl sites for hydroxylation is 1. The van der Waals surface area contributed by atoms with Crippen molar-refractivity contribution in [3.63, 3.8) is 0 Å². The topological polar surface area (TPSA) is 75.4 Å². The molecular weight excluding hydrogens is 537 g/mol. The maximum absolute atomic E-state index is 14.9. The Morgan fingerprint density at radius 1 is 0.976 bits per heavy atom. The lowest BCUT2D eigenvalue weighted by atomic mass is 9.98. The molecule has 1 saturated carbocycles. The maximum atomic E-state index is 14.9. The molecule has 1 aliphatic carbocycles. The van der Waals surface area contributed by atoms with Crippen LogP contribution in [0.5, 0.6) is 0 Å². The number of anilines is 1. The number of sulfonamides is 1. The molecule has 0 saturated heterocycles. The molecule has 3 aromatic carbocycles. The second-order valence-corrected chi connectivity index (χ2v) is 13.1. The number of fused-ring (bicyclic) bond motifs is 1. The molecule has 6 rings (SSSR count). The summed E-state index contributed by atoms with van der Waals surface area (Å²) in [6, 6.07) is 21.9. The standard InChI is InChI=1S/C33H36FN3O3S/c34-31-19-25(10-6-9-24-7-4-5-8-24)13-16-32(31)36-41(38,39)30-15-14-28-22-37(18-17-27(28)20-30)23-29-21-33(40-35-29)26-11-2-1-3-12-26/h1-3,11-16,19-21,24,36H,4-10,17-18,22-23H2. The van der Waals surface area contributed by atoms with Gasteiger partial charge in [-0.2, -0.15) is 0 Å². The van der Waals surface area contributed by atoms with Crippen LogP contribution in [-0.2, 0) is 36.0 Å². The highest BCUT2D eigenvalue weighted by atomic mass is 32.2. The highest BCUT2D eigenvalue weighted by molar-refractivity contribution is 7.92. The molecule has 4 aromatic rings. The molecule has 2 heterocycles. The minimum Gasteiger partial charge on any atom is -0.356 e. The maximum Gasteiger partial charge on any atom is 0.261 e. The van der Waals surface area contributed by atoms with Gasteiger partial charge in [0.1, 0.15) is 5.82 Å². The first-order valence-electron chi connectivity index (χ1n) is 14.6. The lowest BCUT2D eigenvalue weighted by molar-refractivity contribution is 0.237. The van der Waals surface area contributed by atoms with Crippen LogP contribution in [0.4, 0.5) is 10.1 Å². The van der Waals surface area contributed by atoms with E-state index in [-0.39, 0.29) is 10.6 Å². The molecule has 1 N–H and O–H groups in total. The molecule has 0 spiro atoms. The first-order chi connectivity index (χ1) is 19.9. The van der Waals surface area contributed by atoms with Crippen LogP contribution in [0.2, 0.25) is 0 Å². The average molecular weight is 574 g/mol. The third-order valence-corrected chi connectivity index (χ3v) is 9.78. The third-order valence-electron chi connectivity index (χ3n) is 8.41. The second-order valence-electron chi connectivity index (χ2n) is 11.4. The zero-order valence-electron chi connectivity index (χ0n) is 23.2. The summed E-state index contributed by atoms with van der Waals surface area (Å²) in [5.41, 5.74) is 4.81. The van der Waals surface area contributed by atoms with E-state index in [9.17, 15) is 12.8 Å². The quantitative estimate of drug-likeness (QED) is 0.215. The van der Waals surface area contributed by atoms with Crippen LogP contribution in [0.3, 0.4) is 0 Å². The molecule has 0 unspecified atom stereocenters. The van der Waals surface area contributed by atoms with Crippen LogP contribution in [0, 0.1) is 11.7 Å². The molecule has 2 aliphatic rings. The van der Waals surface area contributed by atoms with E-state index in [1.165, 1.54) is 38.2 Å². The summed E-state index contributed by atoms with van der Waals surface area (Å²) in [6.45, 7) is 2.11. The van der Waals surface area contributed by atoms with Gasteiger partial charge >= 0.3 is 0 Å². The van der Waals surface area contributed by atoms with Crippen LogP contribution in [0.1, 0.15) is 60.9 Å². The van der Waals surface area contributed by atoms with Crippen molar-refractivity contribution in [3.8, 4) is 11.3 Å². The molecule has 41 heavy (non-hydrogen) atoms. The Hall–Kier alpha value is -3.49. The fourth-order valence-corrected chi connectivity index (χ4v) is 7.26. The molecule has 0 bridgehead atoms. The summed E-state index contributed by atoms with van der Waals surface area (Å²) >= 11 is 0. The zero-order valence-corrected chi connectivity index (χ0v) is 24.0. The number of rotatable bonds is 10. The van der Waals surface area contributed by atoms with Gasteiger partial charge in [0.2, 0.25) is 0 Å². The molecule has 1 aromatic heterocycles. The van der Waals surface area contributed by atoms with Gasteiger partial charge in [-0.05, 0) is 66.1 Å². The highest BCUT2D eigenvalue weighted by Gasteiger charge is 2.23. The van der Waals surface area contributed by atoms with E-state index in [0.29, 0.717) is 19.5 Å². The molecule has 1 aliphatic heterocycles. The number of hydrogen-bond donors (Lipinski definition) is 1. The number of aromatic nitrogens is 1. The van der Waals surface area contributed by atoms with Crippen LogP contribution in [0.15, 0.2) is 82.2 Å². The summed E-state index contributed by atoms with van der Waals surface area (Å²) < 4.78 is 49.2. The van der Waals surface area contributed by atoms with E-state index < -0.39 is 15.8 Å².